The van der Waals surface area contributed by atoms with Crippen LogP contribution in [0.4, 0.5) is 11.9 Å². The van der Waals surface area contributed by atoms with E-state index in [-0.39, 0.29) is 12.0 Å². The van der Waals surface area contributed by atoms with Gasteiger partial charge in [-0.1, -0.05) is 6.42 Å². The van der Waals surface area contributed by atoms with Crippen molar-refractivity contribution in [2.75, 3.05) is 31.2 Å². The molecule has 2 fully saturated rings. The standard InChI is InChI=1S/C12H20N6O/c1-19-12-16-10(13)15-11(17-12)14-8-5-7-18-6-3-2-4-9(8)18/h8-9H,2-7H2,1H3,(H3,13,14,15,16,17). The van der Waals surface area contributed by atoms with Gasteiger partial charge in [0, 0.05) is 18.6 Å². The van der Waals surface area contributed by atoms with E-state index in [4.69, 9.17) is 10.5 Å². The molecule has 0 amide bonds. The number of nitrogens with two attached hydrogens (primary N) is 1. The monoisotopic (exact) mass is 264 g/mol. The summed E-state index contributed by atoms with van der Waals surface area (Å²) in [5, 5.41) is 3.39. The Hall–Kier alpha value is -1.63. The van der Waals surface area contributed by atoms with Crippen LogP contribution in [0.3, 0.4) is 0 Å². The molecule has 0 radical (unpaired) electrons. The summed E-state index contributed by atoms with van der Waals surface area (Å²) in [5.41, 5.74) is 5.65. The molecule has 0 spiro atoms. The van der Waals surface area contributed by atoms with E-state index in [2.05, 4.69) is 25.2 Å². The first-order chi connectivity index (χ1) is 9.26. The van der Waals surface area contributed by atoms with Gasteiger partial charge in [0.15, 0.2) is 0 Å². The Balaban J connectivity index is 1.72. The highest BCUT2D eigenvalue weighted by Gasteiger charge is 2.35. The highest BCUT2D eigenvalue weighted by atomic mass is 16.5. The number of piperidine rings is 1. The second-order valence-corrected chi connectivity index (χ2v) is 5.14. The minimum Gasteiger partial charge on any atom is -0.467 e. The van der Waals surface area contributed by atoms with Gasteiger partial charge in [-0.2, -0.15) is 15.0 Å². The molecule has 104 valence electrons. The molecule has 3 N–H and O–H groups in total. The van der Waals surface area contributed by atoms with Gasteiger partial charge in [-0.05, 0) is 25.8 Å². The van der Waals surface area contributed by atoms with Crippen LogP contribution >= 0.6 is 0 Å². The lowest BCUT2D eigenvalue weighted by molar-refractivity contribution is 0.192. The first-order valence-electron chi connectivity index (χ1n) is 6.82. The molecule has 7 nitrogen and oxygen atoms in total. The Morgan fingerprint density at radius 1 is 1.21 bits per heavy atom. The van der Waals surface area contributed by atoms with Crippen LogP contribution in [0.2, 0.25) is 0 Å². The van der Waals surface area contributed by atoms with E-state index in [1.807, 2.05) is 0 Å². The molecule has 7 heteroatoms. The Labute approximate surface area is 112 Å². The van der Waals surface area contributed by atoms with Gasteiger partial charge in [0.1, 0.15) is 0 Å². The molecule has 2 saturated heterocycles. The largest absolute Gasteiger partial charge is 0.467 e. The molecular weight excluding hydrogens is 244 g/mol. The lowest BCUT2D eigenvalue weighted by Gasteiger charge is -2.32. The lowest BCUT2D eigenvalue weighted by Crippen LogP contribution is -2.42. The molecule has 1 aromatic heterocycles. The van der Waals surface area contributed by atoms with Crippen molar-refractivity contribution < 1.29 is 4.74 Å². The lowest BCUT2D eigenvalue weighted by atomic mass is 9.99. The maximum atomic E-state index is 5.65. The summed E-state index contributed by atoms with van der Waals surface area (Å²) >= 11 is 0. The van der Waals surface area contributed by atoms with E-state index in [0.29, 0.717) is 18.0 Å². The van der Waals surface area contributed by atoms with Gasteiger partial charge in [0.05, 0.1) is 7.11 Å². The first-order valence-corrected chi connectivity index (χ1v) is 6.82. The van der Waals surface area contributed by atoms with Gasteiger partial charge in [0.2, 0.25) is 11.9 Å². The summed E-state index contributed by atoms with van der Waals surface area (Å²) in [6, 6.07) is 1.25. The summed E-state index contributed by atoms with van der Waals surface area (Å²) in [6.45, 7) is 2.37. The van der Waals surface area contributed by atoms with Crippen molar-refractivity contribution >= 4 is 11.9 Å². The number of nitrogens with one attached hydrogen (secondary N) is 1. The molecule has 2 aliphatic rings. The molecule has 1 aromatic rings. The van der Waals surface area contributed by atoms with E-state index in [1.165, 1.54) is 32.9 Å². The Kier molecular flexibility index (Phi) is 3.37. The number of aromatic nitrogens is 3. The number of anilines is 2. The van der Waals surface area contributed by atoms with Gasteiger partial charge in [0.25, 0.3) is 0 Å². The second kappa shape index (κ2) is 5.16. The first kappa shape index (κ1) is 12.4. The number of rotatable bonds is 3. The Morgan fingerprint density at radius 3 is 2.95 bits per heavy atom. The topological polar surface area (TPSA) is 89.2 Å². The summed E-state index contributed by atoms with van der Waals surface area (Å²) < 4.78 is 5.01. The van der Waals surface area contributed by atoms with Crippen LogP contribution in [-0.2, 0) is 0 Å². The molecular formula is C12H20N6O. The number of fused-ring (bicyclic) bond motifs is 1. The molecule has 0 saturated carbocycles. The zero-order valence-corrected chi connectivity index (χ0v) is 11.2. The molecule has 2 aliphatic heterocycles. The Bertz CT molecular complexity index is 454. The van der Waals surface area contributed by atoms with E-state index < -0.39 is 0 Å². The van der Waals surface area contributed by atoms with Crippen molar-refractivity contribution in [3.63, 3.8) is 0 Å². The Morgan fingerprint density at radius 2 is 2.11 bits per heavy atom. The van der Waals surface area contributed by atoms with E-state index in [9.17, 15) is 0 Å². The van der Waals surface area contributed by atoms with Crippen LogP contribution in [0.25, 0.3) is 0 Å². The van der Waals surface area contributed by atoms with Crippen molar-refractivity contribution in [1.29, 1.82) is 0 Å². The molecule has 3 rings (SSSR count). The van der Waals surface area contributed by atoms with Gasteiger partial charge >= 0.3 is 6.01 Å². The fourth-order valence-corrected chi connectivity index (χ4v) is 3.11. The fourth-order valence-electron chi connectivity index (χ4n) is 3.11. The summed E-state index contributed by atoms with van der Waals surface area (Å²) in [5.74, 6) is 0.703. The van der Waals surface area contributed by atoms with Gasteiger partial charge in [-0.15, -0.1) is 0 Å². The summed E-state index contributed by atoms with van der Waals surface area (Å²) in [6.07, 6.45) is 4.99. The smallest absolute Gasteiger partial charge is 0.322 e. The molecule has 19 heavy (non-hydrogen) atoms. The molecule has 0 aliphatic carbocycles. The predicted octanol–water partition coefficient (Wildman–Crippen LogP) is 0.501. The number of nitrogen functional groups attached to an aromatic ring is 1. The average Bonchev–Trinajstić information content (AvgIpc) is 2.82. The minimum atomic E-state index is 0.188. The summed E-state index contributed by atoms with van der Waals surface area (Å²) in [4.78, 5) is 14.8. The van der Waals surface area contributed by atoms with E-state index in [1.54, 1.807) is 0 Å². The fraction of sp³-hybridized carbons (Fsp3) is 0.750. The zero-order valence-electron chi connectivity index (χ0n) is 11.2. The highest BCUT2D eigenvalue weighted by Crippen LogP contribution is 2.28. The third-order valence-electron chi connectivity index (χ3n) is 3.99. The quantitative estimate of drug-likeness (QED) is 0.821. The molecule has 3 heterocycles. The van der Waals surface area contributed by atoms with Crippen molar-refractivity contribution in [2.45, 2.75) is 37.8 Å². The second-order valence-electron chi connectivity index (χ2n) is 5.14. The van der Waals surface area contributed by atoms with Crippen molar-refractivity contribution in [2.24, 2.45) is 0 Å². The zero-order chi connectivity index (χ0) is 13.2. The van der Waals surface area contributed by atoms with Crippen LogP contribution in [0, 0.1) is 0 Å². The molecule has 2 unspecified atom stereocenters. The predicted molar refractivity (Wildman–Crippen MR) is 72.0 cm³/mol. The van der Waals surface area contributed by atoms with Gasteiger partial charge in [-0.3, -0.25) is 4.90 Å². The SMILES string of the molecule is COc1nc(N)nc(NC2CCN3CCCCC23)n1. The van der Waals surface area contributed by atoms with E-state index >= 15 is 0 Å². The maximum Gasteiger partial charge on any atom is 0.322 e. The van der Waals surface area contributed by atoms with Crippen LogP contribution in [-0.4, -0.2) is 52.1 Å². The van der Waals surface area contributed by atoms with Gasteiger partial charge < -0.3 is 15.8 Å². The van der Waals surface area contributed by atoms with E-state index in [0.717, 1.165) is 13.0 Å². The maximum absolute atomic E-state index is 5.65. The summed E-state index contributed by atoms with van der Waals surface area (Å²) in [7, 11) is 1.52. The van der Waals surface area contributed by atoms with Crippen molar-refractivity contribution in [1.82, 2.24) is 19.9 Å². The number of methoxy groups -OCH3 is 1. The average molecular weight is 264 g/mol. The minimum absolute atomic E-state index is 0.188. The van der Waals surface area contributed by atoms with Crippen molar-refractivity contribution in [3.05, 3.63) is 0 Å². The van der Waals surface area contributed by atoms with Crippen LogP contribution < -0.4 is 15.8 Å². The molecule has 2 atom stereocenters. The van der Waals surface area contributed by atoms with Crippen LogP contribution in [0.1, 0.15) is 25.7 Å². The third kappa shape index (κ3) is 2.56. The van der Waals surface area contributed by atoms with Gasteiger partial charge in [-0.25, -0.2) is 0 Å². The number of nitrogens with zero attached hydrogens (tertiary/aromatic N) is 4. The van der Waals surface area contributed by atoms with Crippen LogP contribution in [0.5, 0.6) is 6.01 Å². The van der Waals surface area contributed by atoms with Crippen LogP contribution in [0.15, 0.2) is 0 Å². The molecule has 0 bridgehead atoms. The number of hydrogen-bond acceptors (Lipinski definition) is 7. The highest BCUT2D eigenvalue weighted by molar-refractivity contribution is 5.34. The molecule has 0 aromatic carbocycles. The normalized spacial score (nSPS) is 27.0. The third-order valence-corrected chi connectivity index (χ3v) is 3.99. The van der Waals surface area contributed by atoms with Crippen molar-refractivity contribution in [3.8, 4) is 6.01 Å². The number of ether oxygens (including phenoxy) is 1. The number of hydrogen-bond donors (Lipinski definition) is 2.